The fraction of sp³-hybridized carbons (Fsp3) is 0.960. The molecular formula is C50H100CaN2O8S2. The minimum Gasteiger partial charge on any atom is -0.862 e. The second kappa shape index (κ2) is 53.0. The summed E-state index contributed by atoms with van der Waals surface area (Å²) in [7, 11) is -8.11. The topological polar surface area (TPSA) is 176 Å². The van der Waals surface area contributed by atoms with Crippen molar-refractivity contribution in [3.05, 3.63) is 0 Å². The molecule has 0 rings (SSSR count). The van der Waals surface area contributed by atoms with Gasteiger partial charge in [-0.05, 0) is 38.0 Å². The molecule has 10 nitrogen and oxygen atoms in total. The van der Waals surface area contributed by atoms with Crippen molar-refractivity contribution in [2.75, 3.05) is 24.6 Å². The van der Waals surface area contributed by atoms with E-state index >= 15 is 0 Å². The maximum atomic E-state index is 11.6. The van der Waals surface area contributed by atoms with E-state index in [9.17, 15) is 31.3 Å². The van der Waals surface area contributed by atoms with Gasteiger partial charge in [-0.1, -0.05) is 245 Å². The zero-order valence-corrected chi connectivity index (χ0v) is 45.1. The summed E-state index contributed by atoms with van der Waals surface area (Å²) in [4.78, 5) is 15.4. The molecule has 1 amide bonds. The van der Waals surface area contributed by atoms with Gasteiger partial charge in [-0.25, -0.2) is 8.42 Å². The number of nitrogens with one attached hydrogen (secondary N) is 1. The minimum absolute atomic E-state index is 0. The summed E-state index contributed by atoms with van der Waals surface area (Å²) in [5.41, 5.74) is 0. The van der Waals surface area contributed by atoms with Gasteiger partial charge >= 0.3 is 37.7 Å². The largest absolute Gasteiger partial charge is 2.00 e. The normalized spacial score (nSPS) is 11.9. The molecule has 63 heavy (non-hydrogen) atoms. The number of aliphatic imine (C=N–C) groups is 1. The fourth-order valence-electron chi connectivity index (χ4n) is 7.81. The fourth-order valence-corrected chi connectivity index (χ4v) is 8.81. The number of carbonyl (C=O) groups is 1. The standard InChI is InChI=1S/2C25H51NO4S.Ca/c2*1-2-3-4-5-6-7-8-9-10-11-12-13-14-15-16-17-18-19-20-22-25(27)26-23-21-24-31(28,29)30;/h2*2-24H2,1H3,(H,26,27)(H,28,29,30);/q;;+2/p-2. The van der Waals surface area contributed by atoms with Gasteiger partial charge in [-0.3, -0.25) is 9.35 Å². The van der Waals surface area contributed by atoms with Crippen molar-refractivity contribution in [3.63, 3.8) is 0 Å². The Morgan fingerprint density at radius 2 is 0.730 bits per heavy atom. The molecule has 0 fully saturated rings. The van der Waals surface area contributed by atoms with E-state index in [2.05, 4.69) is 24.2 Å². The third-order valence-electron chi connectivity index (χ3n) is 11.7. The van der Waals surface area contributed by atoms with Crippen LogP contribution in [0.25, 0.3) is 0 Å². The zero-order chi connectivity index (χ0) is 46.1. The summed E-state index contributed by atoms with van der Waals surface area (Å²) in [5, 5.41) is 14.3. The first-order chi connectivity index (χ1) is 29.9. The van der Waals surface area contributed by atoms with Crippen LogP contribution < -0.4 is 10.4 Å². The van der Waals surface area contributed by atoms with Crippen LogP contribution in [-0.2, 0) is 25.0 Å². The van der Waals surface area contributed by atoms with Crippen molar-refractivity contribution in [2.45, 2.75) is 284 Å². The second-order valence-corrected chi connectivity index (χ2v) is 21.2. The van der Waals surface area contributed by atoms with E-state index in [1.807, 2.05) is 0 Å². The summed E-state index contributed by atoms with van der Waals surface area (Å²) in [6, 6.07) is 0. The molecule has 0 aromatic carbocycles. The Hall–Kier alpha value is 0.0197. The van der Waals surface area contributed by atoms with Crippen LogP contribution in [0.4, 0.5) is 0 Å². The quantitative estimate of drug-likeness (QED) is 0.0199. The Kier molecular flexibility index (Phi) is 56.6. The van der Waals surface area contributed by atoms with Crippen molar-refractivity contribution in [2.24, 2.45) is 4.99 Å². The van der Waals surface area contributed by atoms with E-state index in [-0.39, 0.29) is 74.7 Å². The van der Waals surface area contributed by atoms with E-state index in [0.29, 0.717) is 19.4 Å². The first-order valence-corrected chi connectivity index (χ1v) is 29.5. The minimum atomic E-state index is -4.19. The van der Waals surface area contributed by atoms with Crippen LogP contribution >= 0.6 is 0 Å². The Morgan fingerprint density at radius 3 is 1.02 bits per heavy atom. The molecule has 0 unspecified atom stereocenters. The summed E-state index contributed by atoms with van der Waals surface area (Å²) < 4.78 is 61.1. The van der Waals surface area contributed by atoms with Crippen LogP contribution in [-0.4, -0.2) is 100 Å². The smallest absolute Gasteiger partial charge is 0.862 e. The molecular weight excluding hydrogens is 861 g/mol. The number of unbranched alkanes of at least 4 members (excludes halogenated alkanes) is 36. The van der Waals surface area contributed by atoms with Crippen LogP contribution in [0.15, 0.2) is 4.99 Å². The molecule has 0 saturated heterocycles. The van der Waals surface area contributed by atoms with Gasteiger partial charge in [0.1, 0.15) is 0 Å². The molecule has 0 saturated carbocycles. The number of hydrogen-bond donors (Lipinski definition) is 2. The number of amides is 1. The van der Waals surface area contributed by atoms with Crippen molar-refractivity contribution < 1.29 is 35.8 Å². The molecule has 0 radical (unpaired) electrons. The third-order valence-corrected chi connectivity index (χ3v) is 13.3. The molecule has 0 aliphatic heterocycles. The first-order valence-electron chi connectivity index (χ1n) is 26.3. The average molecular weight is 962 g/mol. The Balaban J connectivity index is -0.00000112. The molecule has 0 aliphatic carbocycles. The molecule has 13 heteroatoms. The molecule has 0 aromatic heterocycles. The zero-order valence-electron chi connectivity index (χ0n) is 41.3. The van der Waals surface area contributed by atoms with Crippen LogP contribution in [0.3, 0.4) is 0 Å². The molecule has 0 aromatic rings. The van der Waals surface area contributed by atoms with Gasteiger partial charge < -0.3 is 20.0 Å². The maximum Gasteiger partial charge on any atom is 2.00 e. The number of rotatable bonds is 48. The summed E-state index contributed by atoms with van der Waals surface area (Å²) >= 11 is 0. The predicted octanol–water partition coefficient (Wildman–Crippen LogP) is 13.3. The Bertz CT molecular complexity index is 1190. The van der Waals surface area contributed by atoms with E-state index in [1.165, 1.54) is 218 Å². The third kappa shape index (κ3) is 66.4. The number of carbonyl (C=O) groups excluding carboxylic acids is 1. The van der Waals surface area contributed by atoms with Crippen LogP contribution in [0.2, 0.25) is 0 Å². The van der Waals surface area contributed by atoms with Gasteiger partial charge in [0.05, 0.1) is 15.9 Å². The summed E-state index contributed by atoms with van der Waals surface area (Å²) in [6.45, 7) is 4.99. The predicted molar refractivity (Wildman–Crippen MR) is 267 cm³/mol. The molecule has 0 bridgehead atoms. The van der Waals surface area contributed by atoms with Gasteiger partial charge in [0.2, 0.25) is 5.91 Å². The molecule has 0 atom stereocenters. The molecule has 2 N–H and O–H groups in total. The molecule has 372 valence electrons. The maximum absolute atomic E-state index is 11.6. The Labute approximate surface area is 420 Å². The number of hydrogen-bond acceptors (Lipinski definition) is 8. The molecule has 0 heterocycles. The summed E-state index contributed by atoms with van der Waals surface area (Å²) in [5.74, 6) is -0.937. The average Bonchev–Trinajstić information content (AvgIpc) is 3.22. The van der Waals surface area contributed by atoms with E-state index < -0.39 is 26.0 Å². The van der Waals surface area contributed by atoms with E-state index in [0.717, 1.165) is 25.7 Å². The SMILES string of the molecule is CCCCCCCCCCCCCCCCCCCCCC(=O)NCCCS(=O)(=O)O.CCCCCCCCCCCCCCCCCCCCCC([O-])=NCCCS(=O)(=O)[O-].[Ca+2]. The van der Waals surface area contributed by atoms with Crippen molar-refractivity contribution in [3.8, 4) is 0 Å². The molecule has 0 aliphatic rings. The van der Waals surface area contributed by atoms with E-state index in [4.69, 9.17) is 4.55 Å². The van der Waals surface area contributed by atoms with Gasteiger partial charge in [0.25, 0.3) is 10.1 Å². The van der Waals surface area contributed by atoms with Crippen LogP contribution in [0, 0.1) is 0 Å². The second-order valence-electron chi connectivity index (χ2n) is 18.1. The first kappa shape index (κ1) is 67.3. The van der Waals surface area contributed by atoms with Gasteiger partial charge in [-0.15, -0.1) is 0 Å². The monoisotopic (exact) mass is 961 g/mol. The van der Waals surface area contributed by atoms with Gasteiger partial charge in [0, 0.05) is 25.3 Å². The van der Waals surface area contributed by atoms with Gasteiger partial charge in [-0.2, -0.15) is 8.42 Å². The Morgan fingerprint density at radius 1 is 0.444 bits per heavy atom. The van der Waals surface area contributed by atoms with E-state index in [1.54, 1.807) is 0 Å². The molecule has 0 spiro atoms. The summed E-state index contributed by atoms with van der Waals surface area (Å²) in [6.07, 6.45) is 51.9. The number of nitrogens with zero attached hydrogens (tertiary/aromatic N) is 1. The van der Waals surface area contributed by atoms with Crippen LogP contribution in [0.1, 0.15) is 284 Å². The van der Waals surface area contributed by atoms with Crippen LogP contribution in [0.5, 0.6) is 0 Å². The van der Waals surface area contributed by atoms with Crippen molar-refractivity contribution in [1.29, 1.82) is 0 Å². The van der Waals surface area contributed by atoms with Gasteiger partial charge in [0.15, 0.2) is 0 Å². The van der Waals surface area contributed by atoms with Crippen molar-refractivity contribution >= 4 is 69.8 Å². The van der Waals surface area contributed by atoms with Crippen molar-refractivity contribution in [1.82, 2.24) is 5.32 Å².